The van der Waals surface area contributed by atoms with Crippen molar-refractivity contribution in [2.24, 2.45) is 0 Å². The van der Waals surface area contributed by atoms with Gasteiger partial charge in [0.1, 0.15) is 5.76 Å². The number of H-pyrrole nitrogens is 1. The van der Waals surface area contributed by atoms with Gasteiger partial charge in [0.25, 0.3) is 5.91 Å². The molecule has 0 radical (unpaired) electrons. The third-order valence-corrected chi connectivity index (χ3v) is 4.81. The molecule has 2 aromatic rings. The van der Waals surface area contributed by atoms with Gasteiger partial charge in [-0.2, -0.15) is 0 Å². The molecule has 0 spiro atoms. The summed E-state index contributed by atoms with van der Waals surface area (Å²) in [4.78, 5) is 27.9. The molecule has 1 saturated heterocycles. The van der Waals surface area contributed by atoms with Gasteiger partial charge in [0.05, 0.1) is 17.1 Å². The molecule has 1 unspecified atom stereocenters. The van der Waals surface area contributed by atoms with E-state index in [2.05, 4.69) is 4.98 Å². The van der Waals surface area contributed by atoms with Crippen LogP contribution in [0.1, 0.15) is 27.8 Å². The van der Waals surface area contributed by atoms with Crippen molar-refractivity contribution < 1.29 is 9.21 Å². The van der Waals surface area contributed by atoms with Crippen LogP contribution in [0.2, 0.25) is 0 Å². The van der Waals surface area contributed by atoms with E-state index in [9.17, 15) is 9.59 Å². The maximum Gasteiger partial charge on any atom is 0.255 e. The zero-order valence-electron chi connectivity index (χ0n) is 11.5. The standard InChI is InChI=1S/C15H16N2O3S/c18-14-4-3-11(10-16-14)15(19)17-6-5-13(21-9-7-17)12-2-1-8-20-12/h1-4,8,10,13H,5-7,9H2,(H,16,18). The zero-order chi connectivity index (χ0) is 14.7. The van der Waals surface area contributed by atoms with Crippen molar-refractivity contribution >= 4 is 17.7 Å². The number of amides is 1. The van der Waals surface area contributed by atoms with Gasteiger partial charge in [-0.25, -0.2) is 0 Å². The lowest BCUT2D eigenvalue weighted by molar-refractivity contribution is 0.0765. The Hall–Kier alpha value is -1.95. The van der Waals surface area contributed by atoms with E-state index >= 15 is 0 Å². The number of carbonyl (C=O) groups excluding carboxylic acids is 1. The minimum absolute atomic E-state index is 0.0352. The number of rotatable bonds is 2. The van der Waals surface area contributed by atoms with Gasteiger partial charge in [0.2, 0.25) is 5.56 Å². The lowest BCUT2D eigenvalue weighted by Crippen LogP contribution is -2.33. The second-order valence-electron chi connectivity index (χ2n) is 4.90. The van der Waals surface area contributed by atoms with Gasteiger partial charge in [-0.05, 0) is 24.6 Å². The van der Waals surface area contributed by atoms with Gasteiger partial charge in [0.15, 0.2) is 0 Å². The molecule has 0 bridgehead atoms. The fourth-order valence-corrected chi connectivity index (χ4v) is 3.58. The Labute approximate surface area is 126 Å². The lowest BCUT2D eigenvalue weighted by Gasteiger charge is -2.20. The van der Waals surface area contributed by atoms with E-state index < -0.39 is 0 Å². The second-order valence-corrected chi connectivity index (χ2v) is 6.21. The minimum Gasteiger partial charge on any atom is -0.468 e. The van der Waals surface area contributed by atoms with Crippen LogP contribution in [-0.2, 0) is 0 Å². The maximum atomic E-state index is 12.4. The van der Waals surface area contributed by atoms with E-state index in [1.54, 1.807) is 12.3 Å². The van der Waals surface area contributed by atoms with E-state index in [0.29, 0.717) is 23.9 Å². The molecule has 0 aliphatic carbocycles. The van der Waals surface area contributed by atoms with Crippen LogP contribution in [0.4, 0.5) is 0 Å². The number of aromatic amines is 1. The fraction of sp³-hybridized carbons (Fsp3) is 0.333. The predicted molar refractivity (Wildman–Crippen MR) is 81.5 cm³/mol. The van der Waals surface area contributed by atoms with Crippen molar-refractivity contribution in [2.45, 2.75) is 11.7 Å². The first-order valence-corrected chi connectivity index (χ1v) is 7.92. The molecule has 1 aliphatic heterocycles. The molecule has 3 rings (SSSR count). The first kappa shape index (κ1) is 14.0. The van der Waals surface area contributed by atoms with Crippen molar-refractivity contribution in [3.05, 3.63) is 58.4 Å². The van der Waals surface area contributed by atoms with Crippen LogP contribution in [-0.4, -0.2) is 34.6 Å². The molecule has 6 heteroatoms. The highest BCUT2D eigenvalue weighted by atomic mass is 32.2. The largest absolute Gasteiger partial charge is 0.468 e. The number of hydrogen-bond donors (Lipinski definition) is 1. The average molecular weight is 304 g/mol. The average Bonchev–Trinajstić information content (AvgIpc) is 2.92. The van der Waals surface area contributed by atoms with Crippen LogP contribution in [0.25, 0.3) is 0 Å². The van der Waals surface area contributed by atoms with Gasteiger partial charge >= 0.3 is 0 Å². The molecule has 0 saturated carbocycles. The third kappa shape index (κ3) is 3.21. The topological polar surface area (TPSA) is 66.3 Å². The Balaban J connectivity index is 1.68. The Morgan fingerprint density at radius 1 is 1.33 bits per heavy atom. The van der Waals surface area contributed by atoms with E-state index in [0.717, 1.165) is 17.9 Å². The number of thioether (sulfide) groups is 1. The van der Waals surface area contributed by atoms with Crippen molar-refractivity contribution in [1.29, 1.82) is 0 Å². The Bertz CT molecular complexity index is 645. The van der Waals surface area contributed by atoms with Crippen LogP contribution in [0.3, 0.4) is 0 Å². The summed E-state index contributed by atoms with van der Waals surface area (Å²) in [6.45, 7) is 1.40. The molecule has 3 heterocycles. The normalized spacial score (nSPS) is 19.2. The number of furan rings is 1. The first-order valence-electron chi connectivity index (χ1n) is 6.87. The maximum absolute atomic E-state index is 12.4. The highest BCUT2D eigenvalue weighted by Crippen LogP contribution is 2.34. The third-order valence-electron chi connectivity index (χ3n) is 3.52. The minimum atomic E-state index is -0.198. The van der Waals surface area contributed by atoms with Crippen LogP contribution >= 0.6 is 11.8 Å². The fourth-order valence-electron chi connectivity index (χ4n) is 2.40. The zero-order valence-corrected chi connectivity index (χ0v) is 12.3. The second kappa shape index (κ2) is 6.22. The summed E-state index contributed by atoms with van der Waals surface area (Å²) < 4.78 is 5.46. The number of hydrogen-bond acceptors (Lipinski definition) is 4. The van der Waals surface area contributed by atoms with Gasteiger partial charge in [-0.3, -0.25) is 9.59 Å². The molecule has 110 valence electrons. The summed E-state index contributed by atoms with van der Waals surface area (Å²) in [5.74, 6) is 1.81. The Morgan fingerprint density at radius 3 is 2.95 bits per heavy atom. The molecule has 21 heavy (non-hydrogen) atoms. The van der Waals surface area contributed by atoms with Crippen LogP contribution in [0.15, 0.2) is 45.9 Å². The summed E-state index contributed by atoms with van der Waals surface area (Å²) in [6, 6.07) is 6.83. The van der Waals surface area contributed by atoms with Gasteiger partial charge in [0, 0.05) is 31.1 Å². The van der Waals surface area contributed by atoms with Crippen LogP contribution in [0.5, 0.6) is 0 Å². The Morgan fingerprint density at radius 2 is 2.24 bits per heavy atom. The molecular formula is C15H16N2O3S. The van der Waals surface area contributed by atoms with Gasteiger partial charge < -0.3 is 14.3 Å². The molecule has 1 aliphatic rings. The van der Waals surface area contributed by atoms with Crippen molar-refractivity contribution in [3.8, 4) is 0 Å². The molecular weight excluding hydrogens is 288 g/mol. The summed E-state index contributed by atoms with van der Waals surface area (Å²) in [5, 5.41) is 0.299. The molecule has 2 aromatic heterocycles. The van der Waals surface area contributed by atoms with E-state index in [1.165, 1.54) is 12.3 Å². The highest BCUT2D eigenvalue weighted by Gasteiger charge is 2.24. The first-order chi connectivity index (χ1) is 10.2. The van der Waals surface area contributed by atoms with Gasteiger partial charge in [-0.1, -0.05) is 0 Å². The highest BCUT2D eigenvalue weighted by molar-refractivity contribution is 7.99. The van der Waals surface area contributed by atoms with E-state index in [4.69, 9.17) is 4.42 Å². The van der Waals surface area contributed by atoms with E-state index in [-0.39, 0.29) is 11.5 Å². The molecule has 0 aromatic carbocycles. The van der Waals surface area contributed by atoms with Crippen LogP contribution in [0, 0.1) is 0 Å². The Kier molecular flexibility index (Phi) is 4.15. The number of aromatic nitrogens is 1. The van der Waals surface area contributed by atoms with Gasteiger partial charge in [-0.15, -0.1) is 11.8 Å². The lowest BCUT2D eigenvalue weighted by atomic mass is 10.2. The quantitative estimate of drug-likeness (QED) is 0.924. The number of nitrogens with one attached hydrogen (secondary N) is 1. The molecule has 1 N–H and O–H groups in total. The summed E-state index contributed by atoms with van der Waals surface area (Å²) >= 11 is 1.82. The molecule has 1 amide bonds. The van der Waals surface area contributed by atoms with Crippen LogP contribution < -0.4 is 5.56 Å². The predicted octanol–water partition coefficient (Wildman–Crippen LogP) is 2.29. The number of pyridine rings is 1. The molecule has 5 nitrogen and oxygen atoms in total. The summed E-state index contributed by atoms with van der Waals surface area (Å²) in [7, 11) is 0. The smallest absolute Gasteiger partial charge is 0.255 e. The number of carbonyl (C=O) groups is 1. The summed E-state index contributed by atoms with van der Waals surface area (Å²) in [5.41, 5.74) is 0.326. The van der Waals surface area contributed by atoms with E-state index in [1.807, 2.05) is 28.8 Å². The van der Waals surface area contributed by atoms with Crippen molar-refractivity contribution in [1.82, 2.24) is 9.88 Å². The number of nitrogens with zero attached hydrogens (tertiary/aromatic N) is 1. The molecule has 1 fully saturated rings. The summed E-state index contributed by atoms with van der Waals surface area (Å²) in [6.07, 6.45) is 4.03. The molecule has 1 atom stereocenters. The monoisotopic (exact) mass is 304 g/mol. The van der Waals surface area contributed by atoms with Crippen molar-refractivity contribution in [3.63, 3.8) is 0 Å². The SMILES string of the molecule is O=C(c1ccc(=O)[nH]c1)N1CCSC(c2ccco2)CC1. The van der Waals surface area contributed by atoms with Crippen molar-refractivity contribution in [2.75, 3.05) is 18.8 Å².